The van der Waals surface area contributed by atoms with Gasteiger partial charge in [-0.1, -0.05) is 6.07 Å². The molecular weight excluding hydrogens is 326 g/mol. The molecule has 6 nitrogen and oxygen atoms in total. The zero-order valence-electron chi connectivity index (χ0n) is 15.8. The summed E-state index contributed by atoms with van der Waals surface area (Å²) in [5.41, 5.74) is 2.79. The predicted molar refractivity (Wildman–Crippen MR) is 100 cm³/mol. The first-order chi connectivity index (χ1) is 12.6. The molecule has 0 aromatic carbocycles. The minimum absolute atomic E-state index is 0.336. The number of pyridine rings is 1. The second-order valence-corrected chi connectivity index (χ2v) is 8.05. The number of hydrogen-bond donors (Lipinski definition) is 0. The molecule has 0 radical (unpaired) electrons. The van der Waals surface area contributed by atoms with Gasteiger partial charge in [0.1, 0.15) is 0 Å². The average molecular weight is 355 g/mol. The van der Waals surface area contributed by atoms with Gasteiger partial charge in [0, 0.05) is 63.0 Å². The van der Waals surface area contributed by atoms with Crippen molar-refractivity contribution in [2.45, 2.75) is 31.5 Å². The second-order valence-electron chi connectivity index (χ2n) is 8.05. The lowest BCUT2D eigenvalue weighted by molar-refractivity contribution is -0.0935. The quantitative estimate of drug-likeness (QED) is 0.792. The molecule has 0 bridgehead atoms. The number of likely N-dealkylation sites (N-methyl/N-ethyl adjacent to an activating group) is 1. The van der Waals surface area contributed by atoms with Crippen LogP contribution in [0.15, 0.2) is 36.9 Å². The number of likely N-dealkylation sites (tertiary alicyclic amines) is 2. The van der Waals surface area contributed by atoms with Gasteiger partial charge in [0.05, 0.1) is 12.8 Å². The van der Waals surface area contributed by atoms with Crippen LogP contribution < -0.4 is 0 Å². The Bertz CT molecular complexity index is 710. The fourth-order valence-electron chi connectivity index (χ4n) is 4.46. The Hall–Kier alpha value is -1.76. The Morgan fingerprint density at radius 1 is 1.23 bits per heavy atom. The number of hydrogen-bond acceptors (Lipinski definition) is 5. The Morgan fingerprint density at radius 3 is 2.85 bits per heavy atom. The van der Waals surface area contributed by atoms with E-state index in [4.69, 9.17) is 4.74 Å². The van der Waals surface area contributed by atoms with E-state index in [1.165, 1.54) is 24.9 Å². The summed E-state index contributed by atoms with van der Waals surface area (Å²) in [6.45, 7) is 6.00. The van der Waals surface area contributed by atoms with Crippen LogP contribution in [0.25, 0.3) is 0 Å². The maximum absolute atomic E-state index is 6.00. The first-order valence-corrected chi connectivity index (χ1v) is 9.51. The summed E-state index contributed by atoms with van der Waals surface area (Å²) in [7, 11) is 4.26. The Balaban J connectivity index is 1.26. The number of piperidine rings is 1. The Kier molecular flexibility index (Phi) is 5.07. The molecule has 140 valence electrons. The van der Waals surface area contributed by atoms with Crippen molar-refractivity contribution in [2.24, 2.45) is 13.0 Å². The third-order valence-electron chi connectivity index (χ3n) is 5.90. The molecule has 1 atom stereocenters. The number of aryl methyl sites for hydroxylation is 1. The van der Waals surface area contributed by atoms with Crippen molar-refractivity contribution in [3.05, 3.63) is 48.0 Å². The van der Waals surface area contributed by atoms with Crippen molar-refractivity contribution in [3.63, 3.8) is 0 Å². The van der Waals surface area contributed by atoms with Gasteiger partial charge in [-0.05, 0) is 44.0 Å². The highest BCUT2D eigenvalue weighted by molar-refractivity contribution is 5.11. The molecule has 0 amide bonds. The normalized spacial score (nSPS) is 23.2. The molecule has 0 unspecified atom stereocenters. The molecule has 0 aliphatic carbocycles. The van der Waals surface area contributed by atoms with Gasteiger partial charge in [0.15, 0.2) is 0 Å². The van der Waals surface area contributed by atoms with Crippen LogP contribution in [-0.2, 0) is 24.9 Å². The van der Waals surface area contributed by atoms with Gasteiger partial charge in [-0.15, -0.1) is 0 Å². The fourth-order valence-corrected chi connectivity index (χ4v) is 4.46. The summed E-state index contributed by atoms with van der Waals surface area (Å²) in [6.07, 6.45) is 10.2. The van der Waals surface area contributed by atoms with E-state index in [9.17, 15) is 0 Å². The average Bonchev–Trinajstić information content (AvgIpc) is 3.02. The van der Waals surface area contributed by atoms with Gasteiger partial charge in [-0.25, -0.2) is 0 Å². The molecule has 0 saturated carbocycles. The van der Waals surface area contributed by atoms with Crippen LogP contribution in [0.5, 0.6) is 0 Å². The van der Waals surface area contributed by atoms with Crippen molar-refractivity contribution in [1.82, 2.24) is 24.6 Å². The molecule has 26 heavy (non-hydrogen) atoms. The highest BCUT2D eigenvalue weighted by Gasteiger charge is 2.49. The van der Waals surface area contributed by atoms with E-state index >= 15 is 0 Å². The van der Waals surface area contributed by atoms with Gasteiger partial charge in [-0.3, -0.25) is 19.5 Å². The zero-order valence-corrected chi connectivity index (χ0v) is 15.8. The van der Waals surface area contributed by atoms with Crippen LogP contribution >= 0.6 is 0 Å². The van der Waals surface area contributed by atoms with Gasteiger partial charge in [0.2, 0.25) is 0 Å². The lowest BCUT2D eigenvalue weighted by Gasteiger charge is -2.58. The van der Waals surface area contributed by atoms with Crippen LogP contribution in [0, 0.1) is 5.92 Å². The van der Waals surface area contributed by atoms with Gasteiger partial charge in [0.25, 0.3) is 0 Å². The molecule has 4 rings (SSSR count). The largest absolute Gasteiger partial charge is 0.376 e. The van der Waals surface area contributed by atoms with E-state index in [-0.39, 0.29) is 0 Å². The molecular formula is C20H29N5O. The summed E-state index contributed by atoms with van der Waals surface area (Å²) < 4.78 is 7.88. The monoisotopic (exact) mass is 355 g/mol. The van der Waals surface area contributed by atoms with Crippen LogP contribution in [0.3, 0.4) is 0 Å². The minimum atomic E-state index is 0.336. The minimum Gasteiger partial charge on any atom is -0.376 e. The van der Waals surface area contributed by atoms with Crippen molar-refractivity contribution >= 4 is 0 Å². The fraction of sp³-hybridized carbons (Fsp3) is 0.600. The second kappa shape index (κ2) is 7.47. The maximum Gasteiger partial charge on any atom is 0.0731 e. The van der Waals surface area contributed by atoms with Gasteiger partial charge in [-0.2, -0.15) is 5.10 Å². The third kappa shape index (κ3) is 3.82. The smallest absolute Gasteiger partial charge is 0.0731 e. The summed E-state index contributed by atoms with van der Waals surface area (Å²) >= 11 is 0. The van der Waals surface area contributed by atoms with Gasteiger partial charge >= 0.3 is 0 Å². The summed E-state index contributed by atoms with van der Waals surface area (Å²) in [6, 6.07) is 4.04. The first-order valence-electron chi connectivity index (χ1n) is 9.51. The molecule has 0 N–H and O–H groups in total. The Labute approximate surface area is 155 Å². The third-order valence-corrected chi connectivity index (χ3v) is 5.90. The van der Waals surface area contributed by atoms with E-state index in [1.54, 1.807) is 6.20 Å². The van der Waals surface area contributed by atoms with Crippen LogP contribution in [-0.4, -0.2) is 63.4 Å². The van der Waals surface area contributed by atoms with E-state index in [2.05, 4.69) is 39.2 Å². The van der Waals surface area contributed by atoms with Crippen molar-refractivity contribution < 1.29 is 4.74 Å². The van der Waals surface area contributed by atoms with Crippen molar-refractivity contribution in [3.8, 4) is 0 Å². The molecule has 1 spiro atoms. The van der Waals surface area contributed by atoms with Crippen molar-refractivity contribution in [2.75, 3.05) is 33.3 Å². The van der Waals surface area contributed by atoms with E-state index in [1.807, 2.05) is 30.2 Å². The Morgan fingerprint density at radius 2 is 2.12 bits per heavy atom. The molecule has 2 aliphatic heterocycles. The molecule has 6 heteroatoms. The van der Waals surface area contributed by atoms with Crippen LogP contribution in [0.2, 0.25) is 0 Å². The lowest BCUT2D eigenvalue weighted by Crippen LogP contribution is -2.71. The van der Waals surface area contributed by atoms with E-state index in [0.717, 1.165) is 31.8 Å². The molecule has 2 fully saturated rings. The molecule has 4 heterocycles. The molecule has 2 aromatic heterocycles. The van der Waals surface area contributed by atoms with Crippen LogP contribution in [0.1, 0.15) is 24.0 Å². The number of ether oxygens (including phenoxy) is 1. The number of rotatable bonds is 6. The zero-order chi connectivity index (χ0) is 18.0. The predicted octanol–water partition coefficient (Wildman–Crippen LogP) is 1.93. The lowest BCUT2D eigenvalue weighted by atomic mass is 9.75. The number of aromatic nitrogens is 3. The first kappa shape index (κ1) is 17.6. The SMILES string of the molecule is CN1CC[C@H](COCc2cccnc2)CC12CN(Cc1cnn(C)c1)C2. The van der Waals surface area contributed by atoms with E-state index < -0.39 is 0 Å². The maximum atomic E-state index is 6.00. The van der Waals surface area contributed by atoms with Crippen molar-refractivity contribution in [1.29, 1.82) is 0 Å². The van der Waals surface area contributed by atoms with Gasteiger partial charge < -0.3 is 4.74 Å². The highest BCUT2D eigenvalue weighted by Crippen LogP contribution is 2.38. The summed E-state index contributed by atoms with van der Waals surface area (Å²) in [5.74, 6) is 0.656. The molecule has 2 aromatic rings. The molecule has 2 aliphatic rings. The summed E-state index contributed by atoms with van der Waals surface area (Å²) in [4.78, 5) is 9.26. The molecule has 2 saturated heterocycles. The standard InChI is InChI=1S/C20H29N5O/c1-23-7-5-17(13-26-14-18-4-3-6-21-9-18)8-20(23)15-25(16-20)12-19-10-22-24(2)11-19/h3-4,6,9-11,17H,5,7-8,12-16H2,1-2H3/t17-/m0/s1. The summed E-state index contributed by atoms with van der Waals surface area (Å²) in [5, 5.41) is 4.28. The number of nitrogens with zero attached hydrogens (tertiary/aromatic N) is 5. The topological polar surface area (TPSA) is 46.4 Å². The van der Waals surface area contributed by atoms with Crippen LogP contribution in [0.4, 0.5) is 0 Å². The van der Waals surface area contributed by atoms with E-state index in [0.29, 0.717) is 18.1 Å². The highest BCUT2D eigenvalue weighted by atomic mass is 16.5.